The molecule has 0 unspecified atom stereocenters. The molecule has 0 saturated heterocycles. The number of non-ortho nitro benzene ring substituents is 4. The number of ether oxygens (including phenoxy) is 4. The van der Waals surface area contributed by atoms with E-state index in [1.54, 1.807) is 64.3 Å². The predicted octanol–water partition coefficient (Wildman–Crippen LogP) is 21.0. The van der Waals surface area contributed by atoms with Crippen LogP contribution in [0.1, 0.15) is 148 Å². The Kier molecular flexibility index (Phi) is 32.6. The second-order valence-electron chi connectivity index (χ2n) is 32.2. The van der Waals surface area contributed by atoms with Crippen LogP contribution in [0, 0.1) is 74.5 Å². The minimum Gasteiger partial charge on any atom is -0.497 e. The number of nitro benzene ring substituents is 4. The Balaban J connectivity index is 0.000000141. The van der Waals surface area contributed by atoms with E-state index in [0.717, 1.165) is 111 Å². The first-order chi connectivity index (χ1) is 69.5. The summed E-state index contributed by atoms with van der Waals surface area (Å²) in [6.07, 6.45) is 13.2. The summed E-state index contributed by atoms with van der Waals surface area (Å²) in [6.45, 7) is 24.3. The van der Waals surface area contributed by atoms with Gasteiger partial charge >= 0.3 is 11.9 Å². The Hall–Kier alpha value is -18.7. The second-order valence-corrected chi connectivity index (χ2v) is 32.2. The molecule has 738 valence electrons. The number of benzene rings is 8. The predicted molar refractivity (Wildman–Crippen MR) is 544 cm³/mol. The van der Waals surface area contributed by atoms with Gasteiger partial charge in [-0.3, -0.25) is 50.0 Å². The number of carbonyl (C=O) groups is 4. The molecule has 18 aromatic rings. The molecule has 0 atom stereocenters. The molecule has 0 bridgehead atoms. The number of methoxy groups -OCH3 is 4. The number of nitrogens with zero attached hydrogens (tertiary/aromatic N) is 19. The summed E-state index contributed by atoms with van der Waals surface area (Å²) in [4.78, 5) is 98.2. The molecule has 1 aliphatic rings. The van der Waals surface area contributed by atoms with Crippen molar-refractivity contribution in [3.05, 3.63) is 286 Å². The lowest BCUT2D eigenvalue weighted by molar-refractivity contribution is -0.384. The Morgan fingerprint density at radius 2 is 0.882 bits per heavy atom. The Morgan fingerprint density at radius 1 is 0.458 bits per heavy atom. The van der Waals surface area contributed by atoms with E-state index in [4.69, 9.17) is 39.0 Å². The Labute approximate surface area is 822 Å². The SMILES string of the molecule is CCNc1c(C(=O)OC)c2ccc([N+](=O)[O-])cc2n1CC.CCc1nc(-c2cn(CC)c3cc(OC)ccc23)no1.CCn1c(N)c(C(=O)OC)c2ccc([N+](=O)[O-])cc21.CCn1c(NC(=O)c2ccccc2)c(C#N)c2ccc([N+](=O)[O-])cc21.CCn1c(NC(C)=O)c(C#N)c2ccc([N+](=O)[O-])cc21.CCn1cc(-c2noc(C3CC3)n2)c2ccc(OC)cc21.CCn1cc(C#N)c2ccc(-n3cccc3)cc21. The van der Waals surface area contributed by atoms with Crippen molar-refractivity contribution in [2.45, 2.75) is 140 Å². The van der Waals surface area contributed by atoms with Gasteiger partial charge in [-0.05, 0) is 159 Å². The highest BCUT2D eigenvalue weighted by molar-refractivity contribution is 6.12. The lowest BCUT2D eigenvalue weighted by Crippen LogP contribution is -2.15. The number of nitrogen functional groups attached to an aromatic ring is 1. The van der Waals surface area contributed by atoms with Crippen molar-refractivity contribution in [3.8, 4) is 58.2 Å². The van der Waals surface area contributed by atoms with Crippen LogP contribution in [0.15, 0.2) is 210 Å². The molecular weight excluding hydrogens is 1850 g/mol. The van der Waals surface area contributed by atoms with E-state index in [2.05, 4.69) is 112 Å². The van der Waals surface area contributed by atoms with Crippen molar-refractivity contribution in [1.29, 1.82) is 15.8 Å². The molecule has 5 N–H and O–H groups in total. The molecule has 10 aromatic heterocycles. The summed E-state index contributed by atoms with van der Waals surface area (Å²) in [7, 11) is 5.94. The van der Waals surface area contributed by atoms with E-state index in [1.807, 2.05) is 125 Å². The maximum Gasteiger partial charge on any atom is 0.342 e. The van der Waals surface area contributed by atoms with Gasteiger partial charge in [0, 0.05) is 223 Å². The molecule has 19 rings (SSSR count). The molecule has 0 spiro atoms. The third kappa shape index (κ3) is 21.4. The van der Waals surface area contributed by atoms with Crippen LogP contribution in [0.3, 0.4) is 0 Å². The summed E-state index contributed by atoms with van der Waals surface area (Å²) >= 11 is 0. The van der Waals surface area contributed by atoms with E-state index in [9.17, 15) is 70.2 Å². The van der Waals surface area contributed by atoms with E-state index in [0.29, 0.717) is 134 Å². The molecule has 144 heavy (non-hydrogen) atoms. The highest BCUT2D eigenvalue weighted by Crippen LogP contribution is 2.43. The Bertz CT molecular complexity index is 8040. The summed E-state index contributed by atoms with van der Waals surface area (Å²) in [5.41, 5.74) is 17.0. The van der Waals surface area contributed by atoms with Crippen molar-refractivity contribution in [2.24, 2.45) is 0 Å². The van der Waals surface area contributed by atoms with Crippen molar-refractivity contribution in [2.75, 3.05) is 56.7 Å². The maximum absolute atomic E-state index is 12.5. The molecule has 41 heteroatoms. The van der Waals surface area contributed by atoms with Gasteiger partial charge in [0.2, 0.25) is 29.3 Å². The number of hydrogen-bond acceptors (Lipinski definition) is 27. The largest absolute Gasteiger partial charge is 0.497 e. The highest BCUT2D eigenvalue weighted by atomic mass is 16.6. The van der Waals surface area contributed by atoms with E-state index in [-0.39, 0.29) is 51.5 Å². The molecule has 10 heterocycles. The van der Waals surface area contributed by atoms with Gasteiger partial charge in [-0.15, -0.1) is 0 Å². The topological polar surface area (TPSA) is 529 Å². The van der Waals surface area contributed by atoms with Crippen molar-refractivity contribution in [3.63, 3.8) is 0 Å². The second kappa shape index (κ2) is 45.7. The first-order valence-corrected chi connectivity index (χ1v) is 46.0. The fourth-order valence-electron chi connectivity index (χ4n) is 16.9. The standard InChI is InChI=1S/C18H14N4O3.C16H17N3O2.C15H17N3O2.C15H13N3.C14H17N3O4.C13H12N4O3.C12H13N3O4/c1-2-21-16-10-13(22(24)25)8-9-14(16)15(11-19)17(21)20-18(23)12-6-4-3-5-7-12;1-3-19-9-13(12-7-6-11(20-2)8-14(12)19)15-17-16(21-18-15)10-4-5-10;1-4-14-16-15(17-20-14)12-9-18(5-2)13-8-10(19-3)6-7-11(12)13;1-2-17-11-12(10-16)14-6-5-13(9-15(14)17)18-7-3-4-8-18;1-4-15-13-12(14(18)21-3)10-7-6-9(17(19)20)8-11(10)16(13)5-2;1-3-16-12-6-9(17(19)20)4-5-10(12)11(7-14)13(16)15-8(2)18;1-3-14-9-6-7(15(17)18)4-5-8(9)10(11(14)13)12(16)19-2/h3-10H,2H2,1H3,(H,20,23);6-10H,3-5H2,1-2H3;6-9H,4-5H2,1-3H3;3-9,11H,2H2,1H3;6-8,15H,4-5H2,1-3H3;4-6H,3H2,1-2H3,(H,15,18);4-6H,3,13H2,1-2H3. The number of hydrogen-bond donors (Lipinski definition) is 4. The lowest BCUT2D eigenvalue weighted by atomic mass is 10.1. The molecule has 41 nitrogen and oxygen atoms in total. The number of nitrogens with one attached hydrogen (secondary N) is 3. The van der Waals surface area contributed by atoms with E-state index >= 15 is 0 Å². The average Bonchev–Trinajstić information content (AvgIpc) is 1.59. The fraction of sp³-hybridized carbons (Fsp3) is 0.252. The number of fused-ring (bicyclic) bond motifs is 7. The zero-order valence-corrected chi connectivity index (χ0v) is 81.3. The van der Waals surface area contributed by atoms with Crippen LogP contribution in [-0.4, -0.2) is 135 Å². The van der Waals surface area contributed by atoms with Crippen LogP contribution in [-0.2, 0) is 66.5 Å². The summed E-state index contributed by atoms with van der Waals surface area (Å²) in [5.74, 6) is 4.88. The zero-order chi connectivity index (χ0) is 104. The number of aromatic nitrogens is 12. The normalized spacial score (nSPS) is 11.2. The number of aryl methyl sites for hydroxylation is 8. The van der Waals surface area contributed by atoms with Gasteiger partial charge in [-0.25, -0.2) is 9.59 Å². The van der Waals surface area contributed by atoms with Crippen molar-refractivity contribution in [1.82, 2.24) is 56.8 Å². The van der Waals surface area contributed by atoms with Crippen LogP contribution in [0.4, 0.5) is 46.0 Å². The smallest absolute Gasteiger partial charge is 0.342 e. The van der Waals surface area contributed by atoms with E-state index in [1.165, 1.54) is 87.9 Å². The third-order valence-corrected chi connectivity index (χ3v) is 24.0. The van der Waals surface area contributed by atoms with Gasteiger partial charge in [0.25, 0.3) is 28.7 Å². The van der Waals surface area contributed by atoms with E-state index < -0.39 is 31.6 Å². The first kappa shape index (κ1) is 103. The number of nitriles is 3. The average molecular weight is 1950 g/mol. The quantitative estimate of drug-likeness (QED) is 0.0234. The van der Waals surface area contributed by atoms with Crippen LogP contribution < -0.4 is 31.2 Å². The number of esters is 2. The number of carbonyl (C=O) groups excluding carboxylic acids is 4. The minimum absolute atomic E-state index is 0.00540. The molecular formula is C103H103N23O18. The maximum atomic E-state index is 12.5. The van der Waals surface area contributed by atoms with Crippen LogP contribution >= 0.6 is 0 Å². The number of anilines is 4. The van der Waals surface area contributed by atoms with Crippen molar-refractivity contribution >= 4 is 146 Å². The van der Waals surface area contributed by atoms with Gasteiger partial charge in [-0.2, -0.15) is 25.8 Å². The van der Waals surface area contributed by atoms with Gasteiger partial charge in [-0.1, -0.05) is 35.4 Å². The van der Waals surface area contributed by atoms with Gasteiger partial charge in [0.15, 0.2) is 0 Å². The molecule has 0 radical (unpaired) electrons. The summed E-state index contributed by atoms with van der Waals surface area (Å²) in [6, 6.07) is 54.6. The zero-order valence-electron chi connectivity index (χ0n) is 81.3. The molecule has 1 saturated carbocycles. The molecule has 0 aliphatic heterocycles. The van der Waals surface area contributed by atoms with Gasteiger partial charge < -0.3 is 86.2 Å². The van der Waals surface area contributed by atoms with Crippen molar-refractivity contribution < 1.29 is 66.9 Å². The van der Waals surface area contributed by atoms with Gasteiger partial charge in [0.1, 0.15) is 75.2 Å². The first-order valence-electron chi connectivity index (χ1n) is 46.0. The number of rotatable bonds is 25. The molecule has 8 aromatic carbocycles. The number of nitro groups is 4. The minimum atomic E-state index is -0.552. The van der Waals surface area contributed by atoms with Crippen LogP contribution in [0.25, 0.3) is 105 Å². The third-order valence-electron chi connectivity index (χ3n) is 24.0. The summed E-state index contributed by atoms with van der Waals surface area (Å²) < 4.78 is 46.1. The van der Waals surface area contributed by atoms with Crippen LogP contribution in [0.2, 0.25) is 0 Å². The van der Waals surface area contributed by atoms with Crippen LogP contribution in [0.5, 0.6) is 11.5 Å². The fourth-order valence-corrected chi connectivity index (χ4v) is 16.9. The summed E-state index contributed by atoms with van der Waals surface area (Å²) in [5, 5.41) is 93.9. The molecule has 2 amide bonds. The highest BCUT2D eigenvalue weighted by Gasteiger charge is 2.32. The van der Waals surface area contributed by atoms with Gasteiger partial charge in [0.05, 0.1) is 92.3 Å². The lowest BCUT2D eigenvalue weighted by Gasteiger charge is -2.10. The molecule has 1 fully saturated rings. The monoisotopic (exact) mass is 1950 g/mol. The number of nitrogens with two attached hydrogens (primary N) is 1. The Morgan fingerprint density at radius 3 is 1.31 bits per heavy atom. The number of amides is 2. The molecule has 1 aliphatic carbocycles.